The molecular weight excluding hydrogens is 304 g/mol. The third kappa shape index (κ3) is 2.96. The Hall–Kier alpha value is -1.39. The summed E-state index contributed by atoms with van der Waals surface area (Å²) < 4.78 is 6.46. The van der Waals surface area contributed by atoms with E-state index >= 15 is 0 Å². The lowest BCUT2D eigenvalue weighted by Gasteiger charge is -2.20. The fourth-order valence-corrected chi connectivity index (χ4v) is 2.53. The maximum Gasteiger partial charge on any atom is 0.142 e. The molecule has 0 saturated carbocycles. The largest absolute Gasteiger partial charge is 0.495 e. The monoisotopic (exact) mass is 320 g/mol. The van der Waals surface area contributed by atoms with E-state index in [2.05, 4.69) is 45.3 Å². The highest BCUT2D eigenvalue weighted by Crippen LogP contribution is 2.30. The van der Waals surface area contributed by atoms with E-state index in [-0.39, 0.29) is 6.04 Å². The third-order valence-corrected chi connectivity index (χ3v) is 3.63. The van der Waals surface area contributed by atoms with E-state index in [0.29, 0.717) is 0 Å². The van der Waals surface area contributed by atoms with Gasteiger partial charge in [0.1, 0.15) is 11.4 Å². The van der Waals surface area contributed by atoms with Crippen LogP contribution in [0.15, 0.2) is 41.0 Å². The molecule has 0 radical (unpaired) electrons. The molecule has 0 aliphatic rings. The molecule has 1 N–H and O–H groups in total. The molecule has 0 saturated heterocycles. The van der Waals surface area contributed by atoms with Gasteiger partial charge >= 0.3 is 0 Å². The van der Waals surface area contributed by atoms with Crippen LogP contribution in [0.2, 0.25) is 0 Å². The second-order valence-electron chi connectivity index (χ2n) is 4.31. The van der Waals surface area contributed by atoms with Crippen LogP contribution in [0.3, 0.4) is 0 Å². The van der Waals surface area contributed by atoms with Gasteiger partial charge in [-0.1, -0.05) is 22.0 Å². The molecule has 1 aromatic carbocycles. The number of ether oxygens (including phenoxy) is 1. The summed E-state index contributed by atoms with van der Waals surface area (Å²) in [4.78, 5) is 4.47. The van der Waals surface area contributed by atoms with Crippen molar-refractivity contribution in [3.8, 4) is 5.75 Å². The summed E-state index contributed by atoms with van der Waals surface area (Å²) in [6.45, 7) is 2.10. The summed E-state index contributed by atoms with van der Waals surface area (Å²) in [5.41, 5.74) is 3.30. The van der Waals surface area contributed by atoms with Crippen molar-refractivity contribution in [2.75, 3.05) is 14.2 Å². The number of nitrogens with zero attached hydrogens (tertiary/aromatic N) is 1. The molecule has 4 heteroatoms. The van der Waals surface area contributed by atoms with Gasteiger partial charge in [-0.05, 0) is 49.4 Å². The zero-order valence-corrected chi connectivity index (χ0v) is 12.9. The third-order valence-electron chi connectivity index (χ3n) is 3.13. The van der Waals surface area contributed by atoms with E-state index in [0.717, 1.165) is 15.9 Å². The molecule has 19 heavy (non-hydrogen) atoms. The minimum absolute atomic E-state index is 0.00801. The van der Waals surface area contributed by atoms with Crippen LogP contribution in [0.4, 0.5) is 0 Å². The van der Waals surface area contributed by atoms with Gasteiger partial charge in [-0.3, -0.25) is 4.98 Å². The predicted molar refractivity (Wildman–Crippen MR) is 80.6 cm³/mol. The Labute approximate surface area is 122 Å². The van der Waals surface area contributed by atoms with Gasteiger partial charge in [0.15, 0.2) is 0 Å². The number of aromatic nitrogens is 1. The van der Waals surface area contributed by atoms with E-state index in [4.69, 9.17) is 4.74 Å². The Morgan fingerprint density at radius 2 is 2.11 bits per heavy atom. The topological polar surface area (TPSA) is 34.2 Å². The molecule has 0 fully saturated rings. The average molecular weight is 321 g/mol. The first-order valence-corrected chi connectivity index (χ1v) is 6.89. The first kappa shape index (κ1) is 14.0. The van der Waals surface area contributed by atoms with Crippen molar-refractivity contribution in [2.24, 2.45) is 0 Å². The van der Waals surface area contributed by atoms with E-state index in [9.17, 15) is 0 Å². The van der Waals surface area contributed by atoms with Crippen LogP contribution >= 0.6 is 15.9 Å². The van der Waals surface area contributed by atoms with Gasteiger partial charge in [-0.25, -0.2) is 0 Å². The van der Waals surface area contributed by atoms with Crippen LogP contribution in [-0.4, -0.2) is 19.1 Å². The zero-order chi connectivity index (χ0) is 13.8. The van der Waals surface area contributed by atoms with E-state index in [1.165, 1.54) is 11.1 Å². The molecule has 1 unspecified atom stereocenters. The Morgan fingerprint density at radius 1 is 1.32 bits per heavy atom. The summed E-state index contributed by atoms with van der Waals surface area (Å²) in [5, 5.41) is 3.31. The number of nitrogens with one attached hydrogen (secondary N) is 1. The standard InChI is InChI=1S/C15H17BrN2O/c1-10-6-7-11(16)9-12(10)14(17-2)15-13(19-3)5-4-8-18-15/h4-9,14,17H,1-3H3. The Balaban J connectivity index is 2.53. The molecule has 2 aromatic rings. The molecule has 0 spiro atoms. The summed E-state index contributed by atoms with van der Waals surface area (Å²) in [6.07, 6.45) is 1.79. The van der Waals surface area contributed by atoms with Gasteiger partial charge < -0.3 is 10.1 Å². The van der Waals surface area contributed by atoms with Crippen molar-refractivity contribution < 1.29 is 4.74 Å². The van der Waals surface area contributed by atoms with Crippen molar-refractivity contribution >= 4 is 15.9 Å². The molecule has 3 nitrogen and oxygen atoms in total. The molecule has 1 atom stereocenters. The Bertz CT molecular complexity index is 572. The lowest BCUT2D eigenvalue weighted by atomic mass is 9.98. The number of halogens is 1. The number of rotatable bonds is 4. The summed E-state index contributed by atoms with van der Waals surface area (Å²) in [5.74, 6) is 0.793. The fourth-order valence-electron chi connectivity index (χ4n) is 2.15. The number of methoxy groups -OCH3 is 1. The summed E-state index contributed by atoms with van der Waals surface area (Å²) in [7, 11) is 3.60. The molecule has 0 aliphatic heterocycles. The van der Waals surface area contributed by atoms with Crippen molar-refractivity contribution in [2.45, 2.75) is 13.0 Å². The van der Waals surface area contributed by atoms with Crippen LogP contribution in [0.5, 0.6) is 5.75 Å². The Morgan fingerprint density at radius 3 is 2.79 bits per heavy atom. The van der Waals surface area contributed by atoms with Crippen molar-refractivity contribution in [1.29, 1.82) is 0 Å². The zero-order valence-electron chi connectivity index (χ0n) is 11.3. The molecule has 0 bridgehead atoms. The number of hydrogen-bond donors (Lipinski definition) is 1. The highest BCUT2D eigenvalue weighted by atomic mass is 79.9. The number of aryl methyl sites for hydroxylation is 1. The lowest BCUT2D eigenvalue weighted by Crippen LogP contribution is -2.20. The summed E-state index contributed by atoms with van der Waals surface area (Å²) in [6, 6.07) is 10.1. The van der Waals surface area contributed by atoms with E-state index < -0.39 is 0 Å². The summed E-state index contributed by atoms with van der Waals surface area (Å²) >= 11 is 3.52. The van der Waals surface area contributed by atoms with Crippen LogP contribution in [0.25, 0.3) is 0 Å². The SMILES string of the molecule is CNC(c1cc(Br)ccc1C)c1ncccc1OC. The van der Waals surface area contributed by atoms with Crippen LogP contribution in [0, 0.1) is 6.92 Å². The first-order valence-electron chi connectivity index (χ1n) is 6.09. The minimum Gasteiger partial charge on any atom is -0.495 e. The second-order valence-corrected chi connectivity index (χ2v) is 5.23. The molecule has 100 valence electrons. The fraction of sp³-hybridized carbons (Fsp3) is 0.267. The quantitative estimate of drug-likeness (QED) is 0.936. The van der Waals surface area contributed by atoms with Gasteiger partial charge in [-0.2, -0.15) is 0 Å². The smallest absolute Gasteiger partial charge is 0.142 e. The van der Waals surface area contributed by atoms with E-state index in [1.54, 1.807) is 13.3 Å². The van der Waals surface area contributed by atoms with Crippen LogP contribution in [0.1, 0.15) is 22.9 Å². The van der Waals surface area contributed by atoms with Gasteiger partial charge in [0, 0.05) is 10.7 Å². The number of pyridine rings is 1. The first-order chi connectivity index (χ1) is 9.17. The van der Waals surface area contributed by atoms with E-state index in [1.807, 2.05) is 25.2 Å². The maximum absolute atomic E-state index is 5.41. The second kappa shape index (κ2) is 6.17. The van der Waals surface area contributed by atoms with Crippen LogP contribution in [-0.2, 0) is 0 Å². The van der Waals surface area contributed by atoms with Crippen molar-refractivity contribution in [3.05, 3.63) is 57.8 Å². The van der Waals surface area contributed by atoms with Gasteiger partial charge in [0.2, 0.25) is 0 Å². The lowest BCUT2D eigenvalue weighted by molar-refractivity contribution is 0.401. The molecule has 0 amide bonds. The number of benzene rings is 1. The van der Waals surface area contributed by atoms with Crippen molar-refractivity contribution in [3.63, 3.8) is 0 Å². The predicted octanol–water partition coefficient (Wildman–Crippen LogP) is 3.47. The normalized spacial score (nSPS) is 12.2. The van der Waals surface area contributed by atoms with Gasteiger partial charge in [0.05, 0.1) is 13.2 Å². The average Bonchev–Trinajstić information content (AvgIpc) is 2.44. The Kier molecular flexibility index (Phi) is 4.56. The highest BCUT2D eigenvalue weighted by Gasteiger charge is 2.19. The van der Waals surface area contributed by atoms with Crippen LogP contribution < -0.4 is 10.1 Å². The molecule has 0 aliphatic carbocycles. The van der Waals surface area contributed by atoms with Gasteiger partial charge in [-0.15, -0.1) is 0 Å². The van der Waals surface area contributed by atoms with Crippen molar-refractivity contribution in [1.82, 2.24) is 10.3 Å². The molecule has 1 heterocycles. The molecule has 2 rings (SSSR count). The minimum atomic E-state index is 0.00801. The molecule has 1 aromatic heterocycles. The highest BCUT2D eigenvalue weighted by molar-refractivity contribution is 9.10. The number of hydrogen-bond acceptors (Lipinski definition) is 3. The molecular formula is C15H17BrN2O. The maximum atomic E-state index is 5.41. The van der Waals surface area contributed by atoms with Gasteiger partial charge in [0.25, 0.3) is 0 Å².